The normalized spacial score (nSPS) is 17.8. The summed E-state index contributed by atoms with van der Waals surface area (Å²) in [5, 5.41) is 16.3. The molecule has 1 aromatic heterocycles. The van der Waals surface area contributed by atoms with Crippen molar-refractivity contribution in [1.82, 2.24) is 20.0 Å². The molecule has 0 bridgehead atoms. The van der Waals surface area contributed by atoms with Crippen LogP contribution in [0.25, 0.3) is 0 Å². The molecule has 3 rings (SSSR count). The molecule has 1 saturated heterocycles. The fourth-order valence-electron chi connectivity index (χ4n) is 3.51. The molecule has 2 N–H and O–H groups in total. The summed E-state index contributed by atoms with van der Waals surface area (Å²) in [5.41, 5.74) is 2.70. The molecule has 7 nitrogen and oxygen atoms in total. The van der Waals surface area contributed by atoms with Crippen molar-refractivity contribution < 1.29 is 14.7 Å². The Labute approximate surface area is 152 Å². The van der Waals surface area contributed by atoms with Crippen LogP contribution in [0, 0.1) is 0 Å². The molecule has 0 radical (unpaired) electrons. The number of H-pyrrole nitrogens is 1. The molecule has 0 spiro atoms. The van der Waals surface area contributed by atoms with Gasteiger partial charge in [-0.25, -0.2) is 4.79 Å². The van der Waals surface area contributed by atoms with Crippen molar-refractivity contribution in [3.05, 3.63) is 52.8 Å². The summed E-state index contributed by atoms with van der Waals surface area (Å²) in [6.07, 6.45) is 4.70. The second-order valence-electron chi connectivity index (χ2n) is 6.88. The molecule has 26 heavy (non-hydrogen) atoms. The lowest BCUT2D eigenvalue weighted by Crippen LogP contribution is -2.34. The molecule has 0 aliphatic carbocycles. The first-order chi connectivity index (χ1) is 12.5. The molecule has 1 unspecified atom stereocenters. The molecule has 1 aliphatic heterocycles. The minimum atomic E-state index is -0.922. The van der Waals surface area contributed by atoms with Gasteiger partial charge in [0.2, 0.25) is 0 Å². The Kier molecular flexibility index (Phi) is 5.37. The second kappa shape index (κ2) is 7.70. The Morgan fingerprint density at radius 1 is 1.35 bits per heavy atom. The van der Waals surface area contributed by atoms with Gasteiger partial charge in [0.15, 0.2) is 0 Å². The number of aromatic carboxylic acids is 1. The zero-order valence-electron chi connectivity index (χ0n) is 15.1. The number of carbonyl (C=O) groups excluding carboxylic acids is 1. The third-order valence-corrected chi connectivity index (χ3v) is 4.81. The number of amides is 1. The van der Waals surface area contributed by atoms with Crippen LogP contribution in [0.2, 0.25) is 0 Å². The standard InChI is InChI=1S/C19H24N4O3/c1-22(2)18(24)15-11-20-21-17(15)16-8-3-4-9-23(16)12-13-6-5-7-14(10-13)19(25)26/h5-7,10-11,16H,3-4,8-9,12H2,1-2H3,(H,20,21)(H,25,26). The molecule has 0 saturated carbocycles. The number of aromatic nitrogens is 2. The van der Waals surface area contributed by atoms with E-state index in [2.05, 4.69) is 15.1 Å². The van der Waals surface area contributed by atoms with Crippen LogP contribution in [-0.4, -0.2) is 57.6 Å². The molecular formula is C19H24N4O3. The van der Waals surface area contributed by atoms with Crippen LogP contribution in [0.15, 0.2) is 30.5 Å². The van der Waals surface area contributed by atoms with Gasteiger partial charge in [-0.15, -0.1) is 0 Å². The van der Waals surface area contributed by atoms with Crippen molar-refractivity contribution in [3.8, 4) is 0 Å². The van der Waals surface area contributed by atoms with E-state index < -0.39 is 5.97 Å². The summed E-state index contributed by atoms with van der Waals surface area (Å²) < 4.78 is 0. The maximum atomic E-state index is 12.4. The predicted molar refractivity (Wildman–Crippen MR) is 97.0 cm³/mol. The number of carbonyl (C=O) groups is 2. The highest BCUT2D eigenvalue weighted by molar-refractivity contribution is 5.94. The van der Waals surface area contributed by atoms with Gasteiger partial charge in [-0.1, -0.05) is 18.6 Å². The Bertz CT molecular complexity index is 800. The largest absolute Gasteiger partial charge is 0.478 e. The zero-order chi connectivity index (χ0) is 18.7. The molecule has 2 aromatic rings. The molecule has 2 heterocycles. The van der Waals surface area contributed by atoms with Crippen LogP contribution in [-0.2, 0) is 6.54 Å². The number of likely N-dealkylation sites (tertiary alicyclic amines) is 1. The zero-order valence-corrected chi connectivity index (χ0v) is 15.1. The Balaban J connectivity index is 1.85. The summed E-state index contributed by atoms with van der Waals surface area (Å²) in [5.74, 6) is -0.985. The lowest BCUT2D eigenvalue weighted by Gasteiger charge is -2.35. The first kappa shape index (κ1) is 18.1. The quantitative estimate of drug-likeness (QED) is 0.859. The Hall–Kier alpha value is -2.67. The van der Waals surface area contributed by atoms with Gasteiger partial charge in [-0.05, 0) is 37.1 Å². The average molecular weight is 356 g/mol. The number of benzene rings is 1. The second-order valence-corrected chi connectivity index (χ2v) is 6.88. The van der Waals surface area contributed by atoms with Gasteiger partial charge in [-0.2, -0.15) is 5.10 Å². The number of piperidine rings is 1. The highest BCUT2D eigenvalue weighted by Crippen LogP contribution is 2.33. The fraction of sp³-hybridized carbons (Fsp3) is 0.421. The average Bonchev–Trinajstić information content (AvgIpc) is 3.11. The smallest absolute Gasteiger partial charge is 0.335 e. The van der Waals surface area contributed by atoms with Crippen molar-refractivity contribution in [2.75, 3.05) is 20.6 Å². The number of nitrogens with one attached hydrogen (secondary N) is 1. The van der Waals surface area contributed by atoms with Crippen molar-refractivity contribution in [3.63, 3.8) is 0 Å². The highest BCUT2D eigenvalue weighted by atomic mass is 16.4. The fourth-order valence-corrected chi connectivity index (χ4v) is 3.51. The van der Waals surface area contributed by atoms with Gasteiger partial charge < -0.3 is 10.0 Å². The molecule has 1 amide bonds. The van der Waals surface area contributed by atoms with Gasteiger partial charge in [-0.3, -0.25) is 14.8 Å². The summed E-state index contributed by atoms with van der Waals surface area (Å²) in [6.45, 7) is 1.54. The first-order valence-corrected chi connectivity index (χ1v) is 8.78. The van der Waals surface area contributed by atoms with Crippen molar-refractivity contribution in [2.45, 2.75) is 31.8 Å². The van der Waals surface area contributed by atoms with E-state index in [1.54, 1.807) is 43.4 Å². The SMILES string of the molecule is CN(C)C(=O)c1cn[nH]c1C1CCCCN1Cc1cccc(C(=O)O)c1. The number of carboxylic acid groups (broad SMARTS) is 1. The minimum absolute atomic E-state index is 0.0628. The van der Waals surface area contributed by atoms with Crippen LogP contribution in [0.3, 0.4) is 0 Å². The van der Waals surface area contributed by atoms with E-state index >= 15 is 0 Å². The van der Waals surface area contributed by atoms with E-state index in [4.69, 9.17) is 0 Å². The molecular weight excluding hydrogens is 332 g/mol. The summed E-state index contributed by atoms with van der Waals surface area (Å²) in [6, 6.07) is 7.10. The lowest BCUT2D eigenvalue weighted by atomic mass is 9.96. The summed E-state index contributed by atoms with van der Waals surface area (Å²) in [7, 11) is 3.46. The van der Waals surface area contributed by atoms with Crippen LogP contribution >= 0.6 is 0 Å². The van der Waals surface area contributed by atoms with Crippen LogP contribution < -0.4 is 0 Å². The molecule has 138 valence electrons. The van der Waals surface area contributed by atoms with Crippen LogP contribution in [0.1, 0.15) is 57.3 Å². The van der Waals surface area contributed by atoms with Crippen molar-refractivity contribution >= 4 is 11.9 Å². The molecule has 1 aliphatic rings. The minimum Gasteiger partial charge on any atom is -0.478 e. The van der Waals surface area contributed by atoms with E-state index in [1.807, 2.05) is 6.07 Å². The van der Waals surface area contributed by atoms with Gasteiger partial charge in [0.1, 0.15) is 0 Å². The van der Waals surface area contributed by atoms with E-state index in [9.17, 15) is 14.7 Å². The van der Waals surface area contributed by atoms with Gasteiger partial charge in [0.05, 0.1) is 29.1 Å². The molecule has 1 aromatic carbocycles. The number of rotatable bonds is 5. The van der Waals surface area contributed by atoms with E-state index in [-0.39, 0.29) is 11.9 Å². The maximum Gasteiger partial charge on any atom is 0.335 e. The number of hydrogen-bond donors (Lipinski definition) is 2. The number of carboxylic acids is 1. The number of hydrogen-bond acceptors (Lipinski definition) is 4. The summed E-state index contributed by atoms with van der Waals surface area (Å²) in [4.78, 5) is 27.5. The first-order valence-electron chi connectivity index (χ1n) is 8.78. The third-order valence-electron chi connectivity index (χ3n) is 4.81. The molecule has 7 heteroatoms. The molecule has 1 atom stereocenters. The molecule has 1 fully saturated rings. The topological polar surface area (TPSA) is 89.5 Å². The third kappa shape index (κ3) is 3.77. The predicted octanol–water partition coefficient (Wildman–Crippen LogP) is 2.54. The van der Waals surface area contributed by atoms with E-state index in [1.165, 1.54) is 0 Å². The Morgan fingerprint density at radius 3 is 2.88 bits per heavy atom. The van der Waals surface area contributed by atoms with E-state index in [0.29, 0.717) is 17.7 Å². The lowest BCUT2D eigenvalue weighted by molar-refractivity contribution is 0.0695. The summed E-state index contributed by atoms with van der Waals surface area (Å²) >= 11 is 0. The Morgan fingerprint density at radius 2 is 2.15 bits per heavy atom. The van der Waals surface area contributed by atoms with Gasteiger partial charge in [0.25, 0.3) is 5.91 Å². The van der Waals surface area contributed by atoms with Crippen LogP contribution in [0.5, 0.6) is 0 Å². The number of nitrogens with zero attached hydrogens (tertiary/aromatic N) is 3. The number of aromatic amines is 1. The van der Waals surface area contributed by atoms with Gasteiger partial charge >= 0.3 is 5.97 Å². The van der Waals surface area contributed by atoms with Gasteiger partial charge in [0, 0.05) is 20.6 Å². The van der Waals surface area contributed by atoms with Crippen molar-refractivity contribution in [1.29, 1.82) is 0 Å². The monoisotopic (exact) mass is 356 g/mol. The van der Waals surface area contributed by atoms with Crippen molar-refractivity contribution in [2.24, 2.45) is 0 Å². The maximum absolute atomic E-state index is 12.4. The van der Waals surface area contributed by atoms with E-state index in [0.717, 1.165) is 37.1 Å². The van der Waals surface area contributed by atoms with Crippen LogP contribution in [0.4, 0.5) is 0 Å². The highest BCUT2D eigenvalue weighted by Gasteiger charge is 2.29.